The van der Waals surface area contributed by atoms with Gasteiger partial charge in [0.2, 0.25) is 0 Å². The summed E-state index contributed by atoms with van der Waals surface area (Å²) in [6, 6.07) is 3.34. The van der Waals surface area contributed by atoms with E-state index in [0.717, 1.165) is 19.1 Å². The number of hydrogen-bond acceptors (Lipinski definition) is 2. The Morgan fingerprint density at radius 1 is 1.54 bits per heavy atom. The van der Waals surface area contributed by atoms with Crippen molar-refractivity contribution in [1.82, 2.24) is 14.7 Å². The summed E-state index contributed by atoms with van der Waals surface area (Å²) in [7, 11) is 0. The first-order valence-corrected chi connectivity index (χ1v) is 5.04. The molecule has 13 heavy (non-hydrogen) atoms. The van der Waals surface area contributed by atoms with Crippen LogP contribution in [0.25, 0.3) is 0 Å². The summed E-state index contributed by atoms with van der Waals surface area (Å²) in [5.41, 5.74) is 0. The number of aromatic nitrogens is 2. The van der Waals surface area contributed by atoms with E-state index in [1.807, 2.05) is 12.3 Å². The van der Waals surface area contributed by atoms with Gasteiger partial charge in [0.15, 0.2) is 0 Å². The zero-order chi connectivity index (χ0) is 9.26. The fourth-order valence-electron chi connectivity index (χ4n) is 1.77. The molecule has 1 fully saturated rings. The molecular weight excluding hydrogens is 162 g/mol. The molecule has 1 unspecified atom stereocenters. The first-order chi connectivity index (χ1) is 6.31. The third-order valence-electron chi connectivity index (χ3n) is 3.00. The Morgan fingerprint density at radius 3 is 2.85 bits per heavy atom. The molecule has 3 nitrogen and oxygen atoms in total. The van der Waals surface area contributed by atoms with E-state index in [-0.39, 0.29) is 0 Å². The lowest BCUT2D eigenvalue weighted by atomic mass is 10.1. The normalized spacial score (nSPS) is 21.4. The summed E-state index contributed by atoms with van der Waals surface area (Å²) in [6.45, 7) is 6.86. The van der Waals surface area contributed by atoms with Crippen LogP contribution in [0.4, 0.5) is 0 Å². The predicted molar refractivity (Wildman–Crippen MR) is 52.6 cm³/mol. The van der Waals surface area contributed by atoms with Gasteiger partial charge in [0.05, 0.1) is 6.04 Å². The standard InChI is InChI=1S/C10H17N3/c1-3-9(2)12-7-10(8-12)13-6-4-5-11-13/h4-6,9-10H,3,7-8H2,1-2H3. The molecule has 0 aliphatic carbocycles. The molecule has 1 aliphatic rings. The maximum absolute atomic E-state index is 4.25. The van der Waals surface area contributed by atoms with Gasteiger partial charge in [-0.1, -0.05) is 6.92 Å². The molecule has 1 aromatic rings. The molecule has 1 aliphatic heterocycles. The average molecular weight is 179 g/mol. The maximum Gasteiger partial charge on any atom is 0.0772 e. The first-order valence-electron chi connectivity index (χ1n) is 5.04. The van der Waals surface area contributed by atoms with Crippen molar-refractivity contribution >= 4 is 0 Å². The van der Waals surface area contributed by atoms with E-state index >= 15 is 0 Å². The highest BCUT2D eigenvalue weighted by Crippen LogP contribution is 2.23. The van der Waals surface area contributed by atoms with Crippen molar-refractivity contribution in [2.75, 3.05) is 13.1 Å². The van der Waals surface area contributed by atoms with Crippen LogP contribution in [0.3, 0.4) is 0 Å². The van der Waals surface area contributed by atoms with Crippen molar-refractivity contribution in [1.29, 1.82) is 0 Å². The van der Waals surface area contributed by atoms with E-state index in [4.69, 9.17) is 0 Å². The minimum atomic E-state index is 0.615. The van der Waals surface area contributed by atoms with Crippen LogP contribution in [0.2, 0.25) is 0 Å². The second kappa shape index (κ2) is 3.50. The minimum absolute atomic E-state index is 0.615. The van der Waals surface area contributed by atoms with E-state index in [1.54, 1.807) is 0 Å². The van der Waals surface area contributed by atoms with Gasteiger partial charge in [-0.3, -0.25) is 9.58 Å². The maximum atomic E-state index is 4.25. The highest BCUT2D eigenvalue weighted by molar-refractivity contribution is 4.90. The molecule has 1 atom stereocenters. The molecule has 0 saturated carbocycles. The zero-order valence-corrected chi connectivity index (χ0v) is 8.35. The molecule has 1 saturated heterocycles. The van der Waals surface area contributed by atoms with Gasteiger partial charge in [0.25, 0.3) is 0 Å². The van der Waals surface area contributed by atoms with Gasteiger partial charge >= 0.3 is 0 Å². The van der Waals surface area contributed by atoms with Crippen molar-refractivity contribution in [3.8, 4) is 0 Å². The monoisotopic (exact) mass is 179 g/mol. The van der Waals surface area contributed by atoms with Gasteiger partial charge in [-0.05, 0) is 19.4 Å². The van der Waals surface area contributed by atoms with Gasteiger partial charge in [0.1, 0.15) is 0 Å². The van der Waals surface area contributed by atoms with Crippen molar-refractivity contribution in [3.63, 3.8) is 0 Å². The smallest absolute Gasteiger partial charge is 0.0772 e. The van der Waals surface area contributed by atoms with Crippen LogP contribution in [-0.4, -0.2) is 33.8 Å². The quantitative estimate of drug-likeness (QED) is 0.701. The molecule has 0 amide bonds. The average Bonchev–Trinajstić information content (AvgIpc) is 2.54. The van der Waals surface area contributed by atoms with Gasteiger partial charge in [0, 0.05) is 31.5 Å². The summed E-state index contributed by atoms with van der Waals surface area (Å²) in [5, 5.41) is 4.25. The summed E-state index contributed by atoms with van der Waals surface area (Å²) in [5.74, 6) is 0. The SMILES string of the molecule is CCC(C)N1CC(n2cccn2)C1. The van der Waals surface area contributed by atoms with E-state index in [2.05, 4.69) is 34.7 Å². The molecule has 2 heterocycles. The second-order valence-electron chi connectivity index (χ2n) is 3.85. The van der Waals surface area contributed by atoms with Gasteiger partial charge in [-0.15, -0.1) is 0 Å². The van der Waals surface area contributed by atoms with E-state index in [1.165, 1.54) is 6.42 Å². The largest absolute Gasteiger partial charge is 0.296 e. The third-order valence-corrected chi connectivity index (χ3v) is 3.00. The van der Waals surface area contributed by atoms with E-state index < -0.39 is 0 Å². The lowest BCUT2D eigenvalue weighted by Gasteiger charge is -2.42. The van der Waals surface area contributed by atoms with Crippen LogP contribution in [0.1, 0.15) is 26.3 Å². The molecule has 0 spiro atoms. The number of hydrogen-bond donors (Lipinski definition) is 0. The van der Waals surface area contributed by atoms with Crippen molar-refractivity contribution in [2.24, 2.45) is 0 Å². The molecule has 1 aromatic heterocycles. The predicted octanol–water partition coefficient (Wildman–Crippen LogP) is 1.54. The van der Waals surface area contributed by atoms with Crippen LogP contribution in [0, 0.1) is 0 Å². The zero-order valence-electron chi connectivity index (χ0n) is 8.35. The number of nitrogens with zero attached hydrogens (tertiary/aromatic N) is 3. The summed E-state index contributed by atoms with van der Waals surface area (Å²) >= 11 is 0. The lowest BCUT2D eigenvalue weighted by Crippen LogP contribution is -2.51. The van der Waals surface area contributed by atoms with Crippen molar-refractivity contribution in [2.45, 2.75) is 32.4 Å². The fourth-order valence-corrected chi connectivity index (χ4v) is 1.77. The molecule has 3 heteroatoms. The van der Waals surface area contributed by atoms with Crippen LogP contribution in [0.5, 0.6) is 0 Å². The summed E-state index contributed by atoms with van der Waals surface area (Å²) in [4.78, 5) is 2.51. The number of rotatable bonds is 3. The molecule has 0 N–H and O–H groups in total. The Hall–Kier alpha value is -0.830. The summed E-state index contributed by atoms with van der Waals surface area (Å²) in [6.07, 6.45) is 5.15. The Labute approximate surface area is 79.3 Å². The molecule has 72 valence electrons. The van der Waals surface area contributed by atoms with Crippen molar-refractivity contribution < 1.29 is 0 Å². The molecule has 0 radical (unpaired) electrons. The van der Waals surface area contributed by atoms with Crippen LogP contribution in [-0.2, 0) is 0 Å². The summed E-state index contributed by atoms with van der Waals surface area (Å²) < 4.78 is 2.07. The molecule has 0 bridgehead atoms. The molecule has 2 rings (SSSR count). The third kappa shape index (κ3) is 1.61. The van der Waals surface area contributed by atoms with Gasteiger partial charge in [-0.25, -0.2) is 0 Å². The van der Waals surface area contributed by atoms with Gasteiger partial charge < -0.3 is 0 Å². The van der Waals surface area contributed by atoms with Crippen LogP contribution < -0.4 is 0 Å². The Kier molecular flexibility index (Phi) is 2.36. The number of likely N-dealkylation sites (tertiary alicyclic amines) is 1. The first kappa shape index (κ1) is 8.75. The highest BCUT2D eigenvalue weighted by atomic mass is 15.4. The van der Waals surface area contributed by atoms with E-state index in [0.29, 0.717) is 6.04 Å². The van der Waals surface area contributed by atoms with Crippen LogP contribution >= 0.6 is 0 Å². The molecule has 0 aromatic carbocycles. The molecular formula is C10H17N3. The fraction of sp³-hybridized carbons (Fsp3) is 0.700. The Balaban J connectivity index is 1.85. The topological polar surface area (TPSA) is 21.1 Å². The van der Waals surface area contributed by atoms with Crippen molar-refractivity contribution in [3.05, 3.63) is 18.5 Å². The highest BCUT2D eigenvalue weighted by Gasteiger charge is 2.30. The lowest BCUT2D eigenvalue weighted by molar-refractivity contribution is 0.0585. The van der Waals surface area contributed by atoms with Gasteiger partial charge in [-0.2, -0.15) is 5.10 Å². The minimum Gasteiger partial charge on any atom is -0.296 e. The Morgan fingerprint density at radius 2 is 2.31 bits per heavy atom. The second-order valence-corrected chi connectivity index (χ2v) is 3.85. The van der Waals surface area contributed by atoms with Crippen LogP contribution in [0.15, 0.2) is 18.5 Å². The van der Waals surface area contributed by atoms with E-state index in [9.17, 15) is 0 Å². The Bertz CT molecular complexity index is 249.